The number of rotatable bonds is 9. The van der Waals surface area contributed by atoms with Crippen molar-refractivity contribution < 1.29 is 29.6 Å². The smallest absolute Gasteiger partial charge is 0.309 e. The van der Waals surface area contributed by atoms with Gasteiger partial charge in [-0.3, -0.25) is 4.79 Å². The highest BCUT2D eigenvalue weighted by Gasteiger charge is 2.85. The van der Waals surface area contributed by atoms with Crippen molar-refractivity contribution in [2.24, 2.45) is 67.5 Å². The van der Waals surface area contributed by atoms with Crippen LogP contribution in [0.1, 0.15) is 136 Å². The van der Waals surface area contributed by atoms with E-state index < -0.39 is 17.2 Å². The predicted octanol–water partition coefficient (Wildman–Crippen LogP) is 8.84. The Labute approximate surface area is 307 Å². The van der Waals surface area contributed by atoms with Gasteiger partial charge in [0.25, 0.3) is 0 Å². The van der Waals surface area contributed by atoms with Gasteiger partial charge >= 0.3 is 5.97 Å². The summed E-state index contributed by atoms with van der Waals surface area (Å²) < 4.78 is 12.5. The summed E-state index contributed by atoms with van der Waals surface area (Å²) in [4.78, 5) is 12.8. The molecular formula is C45H68O6. The molecule has 1 saturated heterocycles. The second kappa shape index (κ2) is 11.8. The van der Waals surface area contributed by atoms with E-state index in [1.165, 1.54) is 24.0 Å². The quantitative estimate of drug-likeness (QED) is 0.238. The summed E-state index contributed by atoms with van der Waals surface area (Å²) in [6.07, 6.45) is 14.3. The van der Waals surface area contributed by atoms with Crippen LogP contribution in [-0.2, 0) is 27.1 Å². The number of methoxy groups -OCH3 is 1. The lowest BCUT2D eigenvalue weighted by Gasteiger charge is -2.82. The van der Waals surface area contributed by atoms with E-state index in [1.54, 1.807) is 7.11 Å². The lowest BCUT2D eigenvalue weighted by Crippen LogP contribution is -2.79. The topological polar surface area (TPSA) is 96.2 Å². The Bertz CT molecular complexity index is 1530. The number of benzene rings is 1. The molecule has 3 N–H and O–H groups in total. The molecule has 0 amide bonds. The highest BCUT2D eigenvalue weighted by Crippen LogP contribution is 2.87. The lowest BCUT2D eigenvalue weighted by molar-refractivity contribution is -0.357. The first-order valence-electron chi connectivity index (χ1n) is 20.9. The van der Waals surface area contributed by atoms with Gasteiger partial charge in [0.1, 0.15) is 0 Å². The molecule has 1 aromatic rings. The molecule has 6 heteroatoms. The van der Waals surface area contributed by atoms with Crippen molar-refractivity contribution in [3.63, 3.8) is 0 Å². The van der Waals surface area contributed by atoms with E-state index in [-0.39, 0.29) is 57.0 Å². The molecule has 1 aromatic carbocycles. The average molecular weight is 705 g/mol. The van der Waals surface area contributed by atoms with E-state index in [4.69, 9.17) is 9.47 Å². The second-order valence-electron chi connectivity index (χ2n) is 20.6. The molecule has 0 aromatic heterocycles. The molecule has 7 aliphatic rings. The maximum absolute atomic E-state index is 12.8. The zero-order valence-electron chi connectivity index (χ0n) is 32.9. The summed E-state index contributed by atoms with van der Waals surface area (Å²) in [5.41, 5.74) is 1.36. The largest absolute Gasteiger partial charge is 0.481 e. The number of aliphatic carboxylic acids is 1. The SMILES string of the molecule is CCC[C@@H]1[C@]23CC[C@H]4[C@@]5(C)[C@@H](CC[C@H](C[C@]1(O)O[C@H]2Cc1ccc(CCOC)cc1)[C@@]53CO)C[C@@]1(C)[C@@H]2C[C@](C)(C(=O)O)CC[C@]2(C)CC[C@]41C. The zero-order valence-corrected chi connectivity index (χ0v) is 32.9. The van der Waals surface area contributed by atoms with Gasteiger partial charge in [0.15, 0.2) is 5.79 Å². The Hall–Kier alpha value is -1.47. The number of carboxylic acids is 1. The van der Waals surface area contributed by atoms with Crippen molar-refractivity contribution >= 4 is 5.97 Å². The standard InChI is InChI=1S/C45H68O6/c1-8-9-34-43-18-16-33-40(4)22-21-38(2)19-20-39(3,37(47)48)27-35(38)41(40,5)25-31-14-15-32(44(43,28-46)42(31,33)6)26-45(34,49)51-36(43)24-30-12-10-29(11-13-30)17-23-50-7/h10-13,31-36,46,49H,8-9,14-28H2,1-7H3,(H,47,48)/t31-,32+,33+,34+,35+,36-,38+,39+,40+,41-,42+,43+,44-,45-/m0/s1. The van der Waals surface area contributed by atoms with Crippen molar-refractivity contribution in [2.75, 3.05) is 20.3 Å². The average Bonchev–Trinajstić information content (AvgIpc) is 3.25. The third kappa shape index (κ3) is 4.40. The molecule has 6 aliphatic carbocycles. The van der Waals surface area contributed by atoms with E-state index in [2.05, 4.69) is 58.9 Å². The van der Waals surface area contributed by atoms with Gasteiger partial charge in [-0.05, 0) is 147 Å². The summed E-state index contributed by atoms with van der Waals surface area (Å²) >= 11 is 0. The van der Waals surface area contributed by atoms with Crippen LogP contribution in [0.5, 0.6) is 0 Å². The van der Waals surface area contributed by atoms with Crippen LogP contribution in [-0.4, -0.2) is 53.5 Å². The molecule has 6 saturated carbocycles. The maximum Gasteiger partial charge on any atom is 0.309 e. The van der Waals surface area contributed by atoms with Crippen molar-refractivity contribution in [1.29, 1.82) is 0 Å². The van der Waals surface area contributed by atoms with Crippen molar-refractivity contribution in [2.45, 2.75) is 150 Å². The molecule has 0 unspecified atom stereocenters. The van der Waals surface area contributed by atoms with Crippen LogP contribution in [0.2, 0.25) is 0 Å². The van der Waals surface area contributed by atoms with Crippen LogP contribution in [0.3, 0.4) is 0 Å². The third-order valence-corrected chi connectivity index (χ3v) is 19.3. The fraction of sp³-hybridized carbons (Fsp3) is 0.844. The first-order chi connectivity index (χ1) is 24.1. The molecule has 6 nitrogen and oxygen atoms in total. The monoisotopic (exact) mass is 705 g/mol. The van der Waals surface area contributed by atoms with Gasteiger partial charge in [0.2, 0.25) is 0 Å². The number of ether oxygens (including phenoxy) is 2. The van der Waals surface area contributed by atoms with E-state index >= 15 is 0 Å². The van der Waals surface area contributed by atoms with Gasteiger partial charge in [-0.1, -0.05) is 65.3 Å². The normalized spacial score (nSPS) is 52.4. The third-order valence-electron chi connectivity index (χ3n) is 19.3. The molecule has 1 heterocycles. The van der Waals surface area contributed by atoms with Gasteiger partial charge in [0, 0.05) is 30.3 Å². The molecule has 51 heavy (non-hydrogen) atoms. The first kappa shape index (κ1) is 36.5. The second-order valence-corrected chi connectivity index (χ2v) is 20.6. The van der Waals surface area contributed by atoms with Crippen LogP contribution in [0.25, 0.3) is 0 Å². The molecule has 7 fully saturated rings. The Morgan fingerprint density at radius 2 is 1.55 bits per heavy atom. The molecule has 2 bridgehead atoms. The first-order valence-corrected chi connectivity index (χ1v) is 20.9. The predicted molar refractivity (Wildman–Crippen MR) is 199 cm³/mol. The van der Waals surface area contributed by atoms with Crippen LogP contribution in [0.4, 0.5) is 0 Å². The summed E-state index contributed by atoms with van der Waals surface area (Å²) in [6.45, 7) is 15.5. The minimum atomic E-state index is -1.15. The lowest BCUT2D eigenvalue weighted by atomic mass is 9.22. The number of carbonyl (C=O) groups is 1. The molecule has 0 radical (unpaired) electrons. The number of aliphatic hydroxyl groups is 2. The summed E-state index contributed by atoms with van der Waals surface area (Å²) in [5.74, 6) is -0.275. The Kier molecular flexibility index (Phi) is 8.42. The fourth-order valence-corrected chi connectivity index (χ4v) is 16.7. The van der Waals surface area contributed by atoms with Crippen LogP contribution < -0.4 is 0 Å². The van der Waals surface area contributed by atoms with Gasteiger partial charge in [-0.25, -0.2) is 0 Å². The van der Waals surface area contributed by atoms with Crippen molar-refractivity contribution in [1.82, 2.24) is 0 Å². The zero-order chi connectivity index (χ0) is 36.5. The number of hydrogen-bond donors (Lipinski definition) is 3. The Morgan fingerprint density at radius 1 is 0.863 bits per heavy atom. The van der Waals surface area contributed by atoms with Crippen molar-refractivity contribution in [3.05, 3.63) is 35.4 Å². The molecule has 1 spiro atoms. The van der Waals surface area contributed by atoms with E-state index in [9.17, 15) is 20.1 Å². The summed E-state index contributed by atoms with van der Waals surface area (Å²) in [5, 5.41) is 35.6. The fourth-order valence-electron chi connectivity index (χ4n) is 16.7. The maximum atomic E-state index is 12.8. The van der Waals surface area contributed by atoms with Gasteiger partial charge in [-0.15, -0.1) is 0 Å². The number of hydrogen-bond acceptors (Lipinski definition) is 5. The van der Waals surface area contributed by atoms with E-state index in [1.807, 2.05) is 6.92 Å². The highest BCUT2D eigenvalue weighted by molar-refractivity contribution is 5.74. The summed E-state index contributed by atoms with van der Waals surface area (Å²) in [7, 11) is 1.75. The number of aliphatic hydroxyl groups excluding tert-OH is 1. The van der Waals surface area contributed by atoms with Crippen LogP contribution >= 0.6 is 0 Å². The van der Waals surface area contributed by atoms with Gasteiger partial charge < -0.3 is 24.8 Å². The molecule has 8 rings (SSSR count). The highest BCUT2D eigenvalue weighted by atomic mass is 16.6. The van der Waals surface area contributed by atoms with Crippen molar-refractivity contribution in [3.8, 4) is 0 Å². The van der Waals surface area contributed by atoms with Gasteiger partial charge in [-0.2, -0.15) is 0 Å². The Morgan fingerprint density at radius 3 is 2.22 bits per heavy atom. The van der Waals surface area contributed by atoms with Crippen LogP contribution in [0, 0.1) is 67.5 Å². The summed E-state index contributed by atoms with van der Waals surface area (Å²) in [6, 6.07) is 8.97. The minimum absolute atomic E-state index is 0.00582. The van der Waals surface area contributed by atoms with Gasteiger partial charge in [0.05, 0.1) is 24.7 Å². The van der Waals surface area contributed by atoms with E-state index in [0.717, 1.165) is 77.0 Å². The molecule has 1 aliphatic heterocycles. The minimum Gasteiger partial charge on any atom is -0.481 e. The van der Waals surface area contributed by atoms with E-state index in [0.29, 0.717) is 30.8 Å². The molecular weight excluding hydrogens is 636 g/mol. The molecule has 14 atom stereocenters. The Balaban J connectivity index is 1.24. The van der Waals surface area contributed by atoms with Crippen LogP contribution in [0.15, 0.2) is 24.3 Å². The molecule has 284 valence electrons. The number of fused-ring (bicyclic) bond motifs is 5. The number of carboxylic acid groups (broad SMARTS) is 1.